The van der Waals surface area contributed by atoms with Gasteiger partial charge in [-0.1, -0.05) is 26.0 Å². The number of nitrogens with zero attached hydrogens (tertiary/aromatic N) is 1. The van der Waals surface area contributed by atoms with E-state index >= 15 is 0 Å². The predicted octanol–water partition coefficient (Wildman–Crippen LogP) is 3.15. The molecule has 1 aromatic rings. The van der Waals surface area contributed by atoms with Gasteiger partial charge < -0.3 is 4.90 Å². The highest BCUT2D eigenvalue weighted by molar-refractivity contribution is 5.96. The number of hydrogen-bond donors (Lipinski definition) is 0. The summed E-state index contributed by atoms with van der Waals surface area (Å²) in [5.41, 5.74) is 1.46. The molecule has 0 bridgehead atoms. The van der Waals surface area contributed by atoms with Crippen molar-refractivity contribution in [1.29, 1.82) is 0 Å². The quantitative estimate of drug-likeness (QED) is 0.771. The van der Waals surface area contributed by atoms with Gasteiger partial charge in [-0.05, 0) is 30.9 Å². The number of hydrogen-bond acceptors (Lipinski definition) is 1. The van der Waals surface area contributed by atoms with Crippen molar-refractivity contribution in [3.05, 3.63) is 29.6 Å². The second kappa shape index (κ2) is 4.86. The Morgan fingerprint density at radius 2 is 2.29 bits per heavy atom. The summed E-state index contributed by atoms with van der Waals surface area (Å²) in [6.45, 7) is 4.52. The van der Waals surface area contributed by atoms with E-state index < -0.39 is 0 Å². The Morgan fingerprint density at radius 1 is 1.53 bits per heavy atom. The van der Waals surface area contributed by atoms with E-state index in [9.17, 15) is 9.18 Å². The number of carbonyl (C=O) groups is 1. The summed E-state index contributed by atoms with van der Waals surface area (Å²) in [6, 6.07) is 5.06. The molecule has 3 heteroatoms. The molecule has 0 aromatic heterocycles. The Labute approximate surface area is 101 Å². The lowest BCUT2D eigenvalue weighted by Gasteiger charge is -2.31. The van der Waals surface area contributed by atoms with E-state index in [0.717, 1.165) is 24.8 Å². The summed E-state index contributed by atoms with van der Waals surface area (Å²) in [6.07, 6.45) is 2.56. The van der Waals surface area contributed by atoms with Gasteiger partial charge in [0.25, 0.3) is 0 Å². The molecule has 1 aliphatic heterocycles. The maximum absolute atomic E-state index is 13.9. The first kappa shape index (κ1) is 12.1. The van der Waals surface area contributed by atoms with E-state index in [2.05, 4.69) is 0 Å². The molecular formula is C14H18FNO. The monoisotopic (exact) mass is 235 g/mol. The van der Waals surface area contributed by atoms with E-state index in [1.807, 2.05) is 19.9 Å². The number of fused-ring (bicyclic) bond motifs is 1. The highest BCUT2D eigenvalue weighted by Gasteiger charge is 2.27. The number of anilines is 1. The van der Waals surface area contributed by atoms with Crippen molar-refractivity contribution in [2.24, 2.45) is 5.92 Å². The molecule has 1 atom stereocenters. The van der Waals surface area contributed by atoms with Crippen LogP contribution in [0.3, 0.4) is 0 Å². The van der Waals surface area contributed by atoms with Crippen LogP contribution in [0.5, 0.6) is 0 Å². The molecule has 1 heterocycles. The fraction of sp³-hybridized carbons (Fsp3) is 0.500. The first-order valence-electron chi connectivity index (χ1n) is 6.24. The molecule has 0 saturated heterocycles. The molecule has 1 aromatic carbocycles. The minimum Gasteiger partial charge on any atom is -0.309 e. The van der Waals surface area contributed by atoms with E-state index in [0.29, 0.717) is 12.2 Å². The molecule has 1 aliphatic rings. The summed E-state index contributed by atoms with van der Waals surface area (Å²) in [5, 5.41) is 0. The lowest BCUT2D eigenvalue weighted by Crippen LogP contribution is -2.39. The number of carbonyl (C=O) groups excluding carboxylic acids is 1. The van der Waals surface area contributed by atoms with Crippen LogP contribution in [-0.4, -0.2) is 12.5 Å². The Balaban J connectivity index is 2.37. The van der Waals surface area contributed by atoms with Crippen molar-refractivity contribution in [2.45, 2.75) is 33.1 Å². The number of aryl methyl sites for hydroxylation is 1. The molecule has 1 amide bonds. The zero-order chi connectivity index (χ0) is 12.4. The third-order valence-electron chi connectivity index (χ3n) is 3.47. The fourth-order valence-corrected chi connectivity index (χ4v) is 2.26. The van der Waals surface area contributed by atoms with Gasteiger partial charge in [0, 0.05) is 12.5 Å². The van der Waals surface area contributed by atoms with E-state index in [-0.39, 0.29) is 17.6 Å². The number of halogens is 1. The Hall–Kier alpha value is -1.38. The average Bonchev–Trinajstić information content (AvgIpc) is 2.36. The molecule has 0 N–H and O–H groups in total. The third-order valence-corrected chi connectivity index (χ3v) is 3.47. The Bertz CT molecular complexity index is 430. The zero-order valence-corrected chi connectivity index (χ0v) is 10.4. The summed E-state index contributed by atoms with van der Waals surface area (Å²) < 4.78 is 13.9. The average molecular weight is 235 g/mol. The standard InChI is InChI=1S/C14H18FNO/c1-3-10(2)14(17)16-9-5-7-11-6-4-8-12(15)13(11)16/h4,6,8,10H,3,5,7,9H2,1-2H3. The highest BCUT2D eigenvalue weighted by atomic mass is 19.1. The predicted molar refractivity (Wildman–Crippen MR) is 66.5 cm³/mol. The molecule has 17 heavy (non-hydrogen) atoms. The van der Waals surface area contributed by atoms with Gasteiger partial charge in [-0.25, -0.2) is 4.39 Å². The van der Waals surface area contributed by atoms with Gasteiger partial charge in [-0.15, -0.1) is 0 Å². The van der Waals surface area contributed by atoms with Crippen molar-refractivity contribution >= 4 is 11.6 Å². The van der Waals surface area contributed by atoms with Crippen LogP contribution in [0, 0.1) is 11.7 Å². The van der Waals surface area contributed by atoms with Gasteiger partial charge in [0.05, 0.1) is 5.69 Å². The number of para-hydroxylation sites is 1. The zero-order valence-electron chi connectivity index (χ0n) is 10.4. The second-order valence-corrected chi connectivity index (χ2v) is 4.65. The van der Waals surface area contributed by atoms with E-state index in [4.69, 9.17) is 0 Å². The lowest BCUT2D eigenvalue weighted by molar-refractivity contribution is -0.122. The Morgan fingerprint density at radius 3 is 3.00 bits per heavy atom. The molecule has 1 unspecified atom stereocenters. The van der Waals surface area contributed by atoms with Crippen LogP contribution in [0.25, 0.3) is 0 Å². The SMILES string of the molecule is CCC(C)C(=O)N1CCCc2cccc(F)c21. The van der Waals surface area contributed by atoms with Gasteiger partial charge in [0.2, 0.25) is 5.91 Å². The van der Waals surface area contributed by atoms with Gasteiger partial charge in [-0.3, -0.25) is 4.79 Å². The van der Waals surface area contributed by atoms with Crippen molar-refractivity contribution in [3.63, 3.8) is 0 Å². The minimum absolute atomic E-state index is 0.0403. The molecule has 92 valence electrons. The summed E-state index contributed by atoms with van der Waals surface area (Å²) in [4.78, 5) is 13.8. The topological polar surface area (TPSA) is 20.3 Å². The molecular weight excluding hydrogens is 217 g/mol. The van der Waals surface area contributed by atoms with Gasteiger partial charge in [0.15, 0.2) is 0 Å². The Kier molecular flexibility index (Phi) is 3.46. The summed E-state index contributed by atoms with van der Waals surface area (Å²) in [5.74, 6) is -0.280. The van der Waals surface area contributed by atoms with Crippen LogP contribution < -0.4 is 4.90 Å². The molecule has 0 spiro atoms. The molecule has 0 aliphatic carbocycles. The molecule has 2 nitrogen and oxygen atoms in total. The van der Waals surface area contributed by atoms with Gasteiger partial charge in [0.1, 0.15) is 5.82 Å². The molecule has 0 fully saturated rings. The smallest absolute Gasteiger partial charge is 0.229 e. The first-order chi connectivity index (χ1) is 8.15. The van der Waals surface area contributed by atoms with Crippen LogP contribution in [0.15, 0.2) is 18.2 Å². The maximum Gasteiger partial charge on any atom is 0.229 e. The van der Waals surface area contributed by atoms with Crippen LogP contribution in [-0.2, 0) is 11.2 Å². The fourth-order valence-electron chi connectivity index (χ4n) is 2.26. The molecule has 2 rings (SSSR count). The third kappa shape index (κ3) is 2.19. The molecule has 0 saturated carbocycles. The van der Waals surface area contributed by atoms with E-state index in [1.54, 1.807) is 11.0 Å². The number of benzene rings is 1. The van der Waals surface area contributed by atoms with Crippen molar-refractivity contribution in [3.8, 4) is 0 Å². The van der Waals surface area contributed by atoms with E-state index in [1.165, 1.54) is 6.07 Å². The largest absolute Gasteiger partial charge is 0.309 e. The van der Waals surface area contributed by atoms with Gasteiger partial charge >= 0.3 is 0 Å². The summed E-state index contributed by atoms with van der Waals surface area (Å²) >= 11 is 0. The second-order valence-electron chi connectivity index (χ2n) is 4.65. The van der Waals surface area contributed by atoms with Crippen LogP contribution in [0.1, 0.15) is 32.3 Å². The van der Waals surface area contributed by atoms with Crippen molar-refractivity contribution < 1.29 is 9.18 Å². The lowest BCUT2D eigenvalue weighted by atomic mass is 9.99. The first-order valence-corrected chi connectivity index (χ1v) is 6.24. The van der Waals surface area contributed by atoms with Crippen LogP contribution in [0.4, 0.5) is 10.1 Å². The highest BCUT2D eigenvalue weighted by Crippen LogP contribution is 2.31. The number of rotatable bonds is 2. The number of amides is 1. The molecule has 0 radical (unpaired) electrons. The van der Waals surface area contributed by atoms with Crippen molar-refractivity contribution in [2.75, 3.05) is 11.4 Å². The van der Waals surface area contributed by atoms with Crippen LogP contribution in [0.2, 0.25) is 0 Å². The van der Waals surface area contributed by atoms with Gasteiger partial charge in [-0.2, -0.15) is 0 Å². The van der Waals surface area contributed by atoms with Crippen molar-refractivity contribution in [1.82, 2.24) is 0 Å². The summed E-state index contributed by atoms with van der Waals surface area (Å²) in [7, 11) is 0. The van der Waals surface area contributed by atoms with Crippen LogP contribution >= 0.6 is 0 Å². The minimum atomic E-state index is -0.279. The maximum atomic E-state index is 13.9. The normalized spacial score (nSPS) is 16.5.